The highest BCUT2D eigenvalue weighted by Gasteiger charge is 2.08. The summed E-state index contributed by atoms with van der Waals surface area (Å²) in [5, 5.41) is 5.85. The molecule has 1 atom stereocenters. The minimum Gasteiger partial charge on any atom is -0.495 e. The lowest BCUT2D eigenvalue weighted by Crippen LogP contribution is -2.36. The standard InChI is InChI=1S/C13H20N2O3/c1-10(9-17-2)14-8-13(16)15-11-6-4-5-7-12(11)18-3/h4-7,10,14H,8-9H2,1-3H3,(H,15,16). The van der Waals surface area contributed by atoms with Crippen molar-refractivity contribution in [3.05, 3.63) is 24.3 Å². The summed E-state index contributed by atoms with van der Waals surface area (Å²) in [7, 11) is 3.21. The lowest BCUT2D eigenvalue weighted by molar-refractivity contribution is -0.115. The third-order valence-corrected chi connectivity index (χ3v) is 2.41. The zero-order valence-corrected chi connectivity index (χ0v) is 11.0. The molecule has 1 amide bonds. The van der Waals surface area contributed by atoms with Crippen molar-refractivity contribution in [2.45, 2.75) is 13.0 Å². The number of methoxy groups -OCH3 is 2. The molecular weight excluding hydrogens is 232 g/mol. The van der Waals surface area contributed by atoms with Crippen LogP contribution in [0.2, 0.25) is 0 Å². The van der Waals surface area contributed by atoms with Crippen LogP contribution in [0.3, 0.4) is 0 Å². The number of amides is 1. The van der Waals surface area contributed by atoms with Crippen molar-refractivity contribution in [1.29, 1.82) is 0 Å². The van der Waals surface area contributed by atoms with Crippen molar-refractivity contribution in [3.8, 4) is 5.75 Å². The fourth-order valence-corrected chi connectivity index (χ4v) is 1.52. The van der Waals surface area contributed by atoms with E-state index in [-0.39, 0.29) is 18.5 Å². The van der Waals surface area contributed by atoms with Gasteiger partial charge in [0.15, 0.2) is 0 Å². The van der Waals surface area contributed by atoms with Gasteiger partial charge in [0.25, 0.3) is 0 Å². The van der Waals surface area contributed by atoms with E-state index in [4.69, 9.17) is 9.47 Å². The van der Waals surface area contributed by atoms with Crippen LogP contribution >= 0.6 is 0 Å². The van der Waals surface area contributed by atoms with Crippen LogP contribution < -0.4 is 15.4 Å². The Balaban J connectivity index is 2.44. The first-order valence-corrected chi connectivity index (χ1v) is 5.82. The molecule has 0 radical (unpaired) electrons. The summed E-state index contributed by atoms with van der Waals surface area (Å²) < 4.78 is 10.1. The number of anilines is 1. The number of benzene rings is 1. The lowest BCUT2D eigenvalue weighted by Gasteiger charge is -2.13. The van der Waals surface area contributed by atoms with Crippen molar-refractivity contribution < 1.29 is 14.3 Å². The van der Waals surface area contributed by atoms with Crippen LogP contribution in [-0.2, 0) is 9.53 Å². The highest BCUT2D eigenvalue weighted by atomic mass is 16.5. The summed E-state index contributed by atoms with van der Waals surface area (Å²) in [4.78, 5) is 11.7. The molecule has 1 aromatic rings. The van der Waals surface area contributed by atoms with Gasteiger partial charge in [-0.2, -0.15) is 0 Å². The van der Waals surface area contributed by atoms with Crippen LogP contribution in [0.4, 0.5) is 5.69 Å². The normalized spacial score (nSPS) is 11.9. The number of carbonyl (C=O) groups is 1. The van der Waals surface area contributed by atoms with Gasteiger partial charge in [-0.3, -0.25) is 4.79 Å². The topological polar surface area (TPSA) is 59.6 Å². The van der Waals surface area contributed by atoms with Crippen molar-refractivity contribution in [3.63, 3.8) is 0 Å². The van der Waals surface area contributed by atoms with Gasteiger partial charge in [-0.25, -0.2) is 0 Å². The average molecular weight is 252 g/mol. The van der Waals surface area contributed by atoms with Gasteiger partial charge in [-0.1, -0.05) is 12.1 Å². The summed E-state index contributed by atoms with van der Waals surface area (Å²) in [6, 6.07) is 7.44. The number of rotatable bonds is 7. The van der Waals surface area contributed by atoms with E-state index < -0.39 is 0 Å². The van der Waals surface area contributed by atoms with E-state index in [9.17, 15) is 4.79 Å². The van der Waals surface area contributed by atoms with E-state index in [0.717, 1.165) is 0 Å². The third-order valence-electron chi connectivity index (χ3n) is 2.41. The molecule has 0 aliphatic rings. The molecule has 100 valence electrons. The molecule has 0 saturated heterocycles. The Labute approximate surface area is 107 Å². The van der Waals surface area contributed by atoms with Crippen LogP contribution in [0, 0.1) is 0 Å². The molecule has 0 heterocycles. The fourth-order valence-electron chi connectivity index (χ4n) is 1.52. The van der Waals surface area contributed by atoms with Gasteiger partial charge >= 0.3 is 0 Å². The Kier molecular flexibility index (Phi) is 6.18. The van der Waals surface area contributed by atoms with E-state index in [0.29, 0.717) is 18.0 Å². The molecule has 0 spiro atoms. The Morgan fingerprint density at radius 3 is 2.72 bits per heavy atom. The number of carbonyl (C=O) groups excluding carboxylic acids is 1. The first-order chi connectivity index (χ1) is 8.67. The molecule has 5 nitrogen and oxygen atoms in total. The lowest BCUT2D eigenvalue weighted by atomic mass is 10.3. The molecule has 5 heteroatoms. The van der Waals surface area contributed by atoms with E-state index in [1.165, 1.54) is 0 Å². The number of nitrogens with one attached hydrogen (secondary N) is 2. The summed E-state index contributed by atoms with van der Waals surface area (Å²) >= 11 is 0. The van der Waals surface area contributed by atoms with Gasteiger partial charge in [0.05, 0.1) is 25.9 Å². The summed E-state index contributed by atoms with van der Waals surface area (Å²) in [6.07, 6.45) is 0. The van der Waals surface area contributed by atoms with E-state index in [1.807, 2.05) is 19.1 Å². The molecule has 1 aromatic carbocycles. The second-order valence-corrected chi connectivity index (χ2v) is 3.99. The number of hydrogen-bond donors (Lipinski definition) is 2. The van der Waals surface area contributed by atoms with E-state index in [1.54, 1.807) is 26.4 Å². The van der Waals surface area contributed by atoms with Crippen LogP contribution in [0.25, 0.3) is 0 Å². The molecule has 0 aliphatic heterocycles. The zero-order chi connectivity index (χ0) is 13.4. The predicted octanol–water partition coefficient (Wildman–Crippen LogP) is 1.26. The molecule has 0 aliphatic carbocycles. The quantitative estimate of drug-likeness (QED) is 0.767. The Morgan fingerprint density at radius 2 is 2.06 bits per heavy atom. The highest BCUT2D eigenvalue weighted by molar-refractivity contribution is 5.93. The van der Waals surface area contributed by atoms with Crippen molar-refractivity contribution in [2.75, 3.05) is 32.7 Å². The summed E-state index contributed by atoms with van der Waals surface area (Å²) in [6.45, 7) is 2.77. The molecule has 0 bridgehead atoms. The molecular formula is C13H20N2O3. The Morgan fingerprint density at radius 1 is 1.33 bits per heavy atom. The zero-order valence-electron chi connectivity index (χ0n) is 11.0. The molecule has 0 aromatic heterocycles. The molecule has 0 fully saturated rings. The Hall–Kier alpha value is -1.59. The minimum atomic E-state index is -0.109. The maximum Gasteiger partial charge on any atom is 0.238 e. The first kappa shape index (κ1) is 14.5. The molecule has 0 saturated carbocycles. The van der Waals surface area contributed by atoms with E-state index >= 15 is 0 Å². The highest BCUT2D eigenvalue weighted by Crippen LogP contribution is 2.22. The second-order valence-electron chi connectivity index (χ2n) is 3.99. The summed E-state index contributed by atoms with van der Waals surface area (Å²) in [5.74, 6) is 0.540. The van der Waals surface area contributed by atoms with Crippen LogP contribution in [0.5, 0.6) is 5.75 Å². The van der Waals surface area contributed by atoms with Crippen molar-refractivity contribution in [2.24, 2.45) is 0 Å². The predicted molar refractivity (Wildman–Crippen MR) is 71.0 cm³/mol. The van der Waals surface area contributed by atoms with Gasteiger partial charge in [0.1, 0.15) is 5.75 Å². The Bertz CT molecular complexity index is 382. The average Bonchev–Trinajstić information content (AvgIpc) is 2.37. The molecule has 1 rings (SSSR count). The van der Waals surface area contributed by atoms with Gasteiger partial charge in [-0.05, 0) is 19.1 Å². The maximum absolute atomic E-state index is 11.7. The van der Waals surface area contributed by atoms with Gasteiger partial charge < -0.3 is 20.1 Å². The molecule has 18 heavy (non-hydrogen) atoms. The van der Waals surface area contributed by atoms with Crippen molar-refractivity contribution in [1.82, 2.24) is 5.32 Å². The minimum absolute atomic E-state index is 0.109. The number of ether oxygens (including phenoxy) is 2. The maximum atomic E-state index is 11.7. The van der Waals surface area contributed by atoms with Gasteiger partial charge in [0, 0.05) is 13.2 Å². The first-order valence-electron chi connectivity index (χ1n) is 5.82. The largest absolute Gasteiger partial charge is 0.495 e. The van der Waals surface area contributed by atoms with Crippen molar-refractivity contribution >= 4 is 11.6 Å². The number of para-hydroxylation sites is 2. The molecule has 1 unspecified atom stereocenters. The molecule has 2 N–H and O–H groups in total. The monoisotopic (exact) mass is 252 g/mol. The third kappa shape index (κ3) is 4.73. The van der Waals surface area contributed by atoms with Gasteiger partial charge in [-0.15, -0.1) is 0 Å². The van der Waals surface area contributed by atoms with Crippen LogP contribution in [0.1, 0.15) is 6.92 Å². The van der Waals surface area contributed by atoms with Crippen LogP contribution in [-0.4, -0.2) is 39.3 Å². The summed E-state index contributed by atoms with van der Waals surface area (Å²) in [5.41, 5.74) is 0.672. The fraction of sp³-hybridized carbons (Fsp3) is 0.462. The SMILES string of the molecule is COCC(C)NCC(=O)Nc1ccccc1OC. The second kappa shape index (κ2) is 7.68. The van der Waals surface area contributed by atoms with Crippen LogP contribution in [0.15, 0.2) is 24.3 Å². The van der Waals surface area contributed by atoms with E-state index in [2.05, 4.69) is 10.6 Å². The number of hydrogen-bond acceptors (Lipinski definition) is 4. The van der Waals surface area contributed by atoms with Gasteiger partial charge in [0.2, 0.25) is 5.91 Å². The smallest absolute Gasteiger partial charge is 0.238 e.